The van der Waals surface area contributed by atoms with Gasteiger partial charge in [0, 0.05) is 11.3 Å². The summed E-state index contributed by atoms with van der Waals surface area (Å²) in [6.45, 7) is 3.12. The van der Waals surface area contributed by atoms with E-state index in [-0.39, 0.29) is 6.61 Å². The highest BCUT2D eigenvalue weighted by Crippen LogP contribution is 2.36. The van der Waals surface area contributed by atoms with Crippen LogP contribution < -0.4 is 4.90 Å². The molecule has 0 amide bonds. The minimum Gasteiger partial charge on any atom is -0.479 e. The minimum atomic E-state index is -1.76. The molecule has 6 nitrogen and oxygen atoms in total. The number of amidine groups is 1. The summed E-state index contributed by atoms with van der Waals surface area (Å²) in [7, 11) is 0. The van der Waals surface area contributed by atoms with E-state index in [9.17, 15) is 19.1 Å². The maximum absolute atomic E-state index is 13.4. The number of ether oxygens (including phenoxy) is 1. The van der Waals surface area contributed by atoms with Crippen LogP contribution in [-0.2, 0) is 14.3 Å². The third-order valence-electron chi connectivity index (χ3n) is 4.44. The molecule has 2 aromatic carbocycles. The zero-order chi connectivity index (χ0) is 19.6. The molecular weight excluding hydrogens is 351 g/mol. The summed E-state index contributed by atoms with van der Waals surface area (Å²) in [5, 5.41) is 9.83. The first-order valence-electron chi connectivity index (χ1n) is 8.48. The second-order valence-corrected chi connectivity index (χ2v) is 6.26. The third-order valence-corrected chi connectivity index (χ3v) is 4.44. The van der Waals surface area contributed by atoms with Crippen molar-refractivity contribution in [3.05, 3.63) is 66.0 Å². The molecule has 1 aliphatic heterocycles. The number of rotatable bonds is 5. The number of esters is 1. The summed E-state index contributed by atoms with van der Waals surface area (Å²) in [5.41, 5.74) is -0.672. The molecule has 7 heteroatoms. The maximum atomic E-state index is 13.4. The minimum absolute atomic E-state index is 0.100. The van der Waals surface area contributed by atoms with Crippen molar-refractivity contribution in [1.82, 2.24) is 0 Å². The molecule has 0 aromatic heterocycles. The van der Waals surface area contributed by atoms with Crippen LogP contribution in [0.4, 0.5) is 10.1 Å². The number of hydrogen-bond donors (Lipinski definition) is 1. The van der Waals surface area contributed by atoms with Gasteiger partial charge in [0.1, 0.15) is 11.7 Å². The maximum Gasteiger partial charge on any atom is 0.334 e. The fourth-order valence-electron chi connectivity index (χ4n) is 3.09. The van der Waals surface area contributed by atoms with Crippen LogP contribution >= 0.6 is 0 Å². The summed E-state index contributed by atoms with van der Waals surface area (Å²) in [6, 6.07) is 13.2. The monoisotopic (exact) mass is 370 g/mol. The Kier molecular flexibility index (Phi) is 4.94. The number of carboxylic acid groups (broad SMARTS) is 1. The molecule has 1 N–H and O–H groups in total. The molecule has 1 aliphatic rings. The zero-order valence-electron chi connectivity index (χ0n) is 14.9. The average Bonchev–Trinajstić information content (AvgIpc) is 2.98. The smallest absolute Gasteiger partial charge is 0.334 e. The van der Waals surface area contributed by atoms with Gasteiger partial charge in [-0.15, -0.1) is 0 Å². The molecule has 1 heterocycles. The van der Waals surface area contributed by atoms with Crippen LogP contribution in [0.15, 0.2) is 59.6 Å². The van der Waals surface area contributed by atoms with Crippen LogP contribution in [0.1, 0.15) is 19.4 Å². The first-order chi connectivity index (χ1) is 12.9. The van der Waals surface area contributed by atoms with E-state index >= 15 is 0 Å². The van der Waals surface area contributed by atoms with Gasteiger partial charge in [-0.05, 0) is 38.1 Å². The van der Waals surface area contributed by atoms with Crippen molar-refractivity contribution in [2.24, 2.45) is 4.99 Å². The predicted molar refractivity (Wildman–Crippen MR) is 98.3 cm³/mol. The molecule has 0 spiro atoms. The molecular formula is C20H19FN2O4. The average molecular weight is 370 g/mol. The fraction of sp³-hybridized carbons (Fsp3) is 0.250. The Morgan fingerprint density at radius 2 is 1.81 bits per heavy atom. The molecule has 0 aliphatic carbocycles. The number of benzene rings is 2. The molecule has 27 heavy (non-hydrogen) atoms. The molecule has 140 valence electrons. The van der Waals surface area contributed by atoms with Gasteiger partial charge in [0.15, 0.2) is 11.6 Å². The van der Waals surface area contributed by atoms with Crippen molar-refractivity contribution in [3.63, 3.8) is 0 Å². The van der Waals surface area contributed by atoms with Crippen molar-refractivity contribution in [2.45, 2.75) is 25.4 Å². The topological polar surface area (TPSA) is 79.2 Å². The number of halogens is 1. The first kappa shape index (κ1) is 18.6. The lowest BCUT2D eigenvalue weighted by Gasteiger charge is -2.31. The largest absolute Gasteiger partial charge is 0.479 e. The highest BCUT2D eigenvalue weighted by atomic mass is 19.1. The number of carboxylic acids is 1. The number of anilines is 1. The number of aliphatic carboxylic acids is 1. The summed E-state index contributed by atoms with van der Waals surface area (Å²) < 4.78 is 18.6. The van der Waals surface area contributed by atoms with Gasteiger partial charge in [0.05, 0.1) is 6.61 Å². The lowest BCUT2D eigenvalue weighted by Crippen LogP contribution is -2.55. The Balaban J connectivity index is 2.21. The van der Waals surface area contributed by atoms with Crippen LogP contribution in [0.3, 0.4) is 0 Å². The first-order valence-corrected chi connectivity index (χ1v) is 8.48. The van der Waals surface area contributed by atoms with Gasteiger partial charge in [0.25, 0.3) is 0 Å². The van der Waals surface area contributed by atoms with Crippen LogP contribution in [0.2, 0.25) is 0 Å². The number of hydrogen-bond acceptors (Lipinski definition) is 5. The number of carbonyl (C=O) groups excluding carboxylic acids is 1. The van der Waals surface area contributed by atoms with Crippen molar-refractivity contribution < 1.29 is 23.8 Å². The van der Waals surface area contributed by atoms with Crippen LogP contribution in [0, 0.1) is 5.82 Å². The van der Waals surface area contributed by atoms with E-state index in [0.717, 1.165) is 0 Å². The number of aliphatic imine (C=N–C) groups is 1. The van der Waals surface area contributed by atoms with E-state index in [4.69, 9.17) is 4.74 Å². The molecule has 2 atom stereocenters. The van der Waals surface area contributed by atoms with E-state index < -0.39 is 29.3 Å². The SMILES string of the molecule is CCOC(=O)[C@H]1N(c2ccc(F)cc2)C(c2ccccc2)=N[C@@]1(C)C(=O)O. The molecule has 0 radical (unpaired) electrons. The predicted octanol–water partition coefficient (Wildman–Crippen LogP) is 2.87. The fourth-order valence-corrected chi connectivity index (χ4v) is 3.09. The van der Waals surface area contributed by atoms with Crippen molar-refractivity contribution in [2.75, 3.05) is 11.5 Å². The van der Waals surface area contributed by atoms with Gasteiger partial charge in [0.2, 0.25) is 0 Å². The van der Waals surface area contributed by atoms with Crippen molar-refractivity contribution >= 4 is 23.5 Å². The van der Waals surface area contributed by atoms with Gasteiger partial charge < -0.3 is 14.7 Å². The van der Waals surface area contributed by atoms with Gasteiger partial charge in [-0.1, -0.05) is 30.3 Å². The molecule has 2 aromatic rings. The van der Waals surface area contributed by atoms with E-state index in [1.54, 1.807) is 31.2 Å². The Morgan fingerprint density at radius 1 is 1.19 bits per heavy atom. The summed E-state index contributed by atoms with van der Waals surface area (Å²) in [5.74, 6) is -2.09. The van der Waals surface area contributed by atoms with Gasteiger partial charge in [-0.25, -0.2) is 19.0 Å². The quantitative estimate of drug-likeness (QED) is 0.819. The highest BCUT2D eigenvalue weighted by molar-refractivity contribution is 6.17. The Labute approximate surface area is 155 Å². The molecule has 0 unspecified atom stereocenters. The second kappa shape index (κ2) is 7.19. The van der Waals surface area contributed by atoms with Gasteiger partial charge in [-0.2, -0.15) is 0 Å². The molecule has 0 saturated heterocycles. The zero-order valence-corrected chi connectivity index (χ0v) is 14.9. The van der Waals surface area contributed by atoms with E-state index in [1.165, 1.54) is 36.1 Å². The summed E-state index contributed by atoms with van der Waals surface area (Å²) in [4.78, 5) is 30.7. The van der Waals surface area contributed by atoms with Gasteiger partial charge in [-0.3, -0.25) is 0 Å². The lowest BCUT2D eigenvalue weighted by molar-refractivity contribution is -0.153. The van der Waals surface area contributed by atoms with Crippen molar-refractivity contribution in [3.8, 4) is 0 Å². The highest BCUT2D eigenvalue weighted by Gasteiger charge is 2.56. The van der Waals surface area contributed by atoms with Crippen molar-refractivity contribution in [1.29, 1.82) is 0 Å². The number of carbonyl (C=O) groups is 2. The Hall–Kier alpha value is -3.22. The Bertz CT molecular complexity index is 883. The normalized spacial score (nSPS) is 21.7. The van der Waals surface area contributed by atoms with Crippen LogP contribution in [-0.4, -0.2) is 41.1 Å². The summed E-state index contributed by atoms with van der Waals surface area (Å²) >= 11 is 0. The van der Waals surface area contributed by atoms with E-state index in [0.29, 0.717) is 17.1 Å². The summed E-state index contributed by atoms with van der Waals surface area (Å²) in [6.07, 6.45) is 0. The van der Waals surface area contributed by atoms with Crippen LogP contribution in [0.25, 0.3) is 0 Å². The van der Waals surface area contributed by atoms with E-state index in [2.05, 4.69) is 4.99 Å². The van der Waals surface area contributed by atoms with E-state index in [1.807, 2.05) is 6.07 Å². The lowest BCUT2D eigenvalue weighted by atomic mass is 9.93. The van der Waals surface area contributed by atoms with Crippen LogP contribution in [0.5, 0.6) is 0 Å². The second-order valence-electron chi connectivity index (χ2n) is 6.26. The molecule has 0 fully saturated rings. The number of nitrogens with zero attached hydrogens (tertiary/aromatic N) is 2. The molecule has 3 rings (SSSR count). The Morgan fingerprint density at radius 3 is 2.37 bits per heavy atom. The standard InChI is InChI=1S/C20H19FN2O4/c1-3-27-18(24)16-20(2,19(25)26)22-17(13-7-5-4-6-8-13)23(16)15-11-9-14(21)10-12-15/h4-12,16H,3H2,1-2H3,(H,25,26)/t16-,20-/m1/s1. The molecule has 0 saturated carbocycles. The van der Waals surface area contributed by atoms with Gasteiger partial charge >= 0.3 is 11.9 Å². The molecule has 0 bridgehead atoms. The third kappa shape index (κ3) is 3.28.